The number of hydrogen-bond acceptors (Lipinski definition) is 4. The minimum Gasteiger partial charge on any atom is -0.378 e. The highest BCUT2D eigenvalue weighted by Crippen LogP contribution is 2.19. The summed E-state index contributed by atoms with van der Waals surface area (Å²) in [7, 11) is 0. The molecule has 1 heterocycles. The van der Waals surface area contributed by atoms with Crippen molar-refractivity contribution in [2.45, 2.75) is 44.2 Å². The van der Waals surface area contributed by atoms with Crippen molar-refractivity contribution in [2.75, 3.05) is 13.2 Å². The zero-order valence-corrected chi connectivity index (χ0v) is 12.1. The average Bonchev–Trinajstić information content (AvgIpc) is 2.48. The third-order valence-electron chi connectivity index (χ3n) is 3.72. The summed E-state index contributed by atoms with van der Waals surface area (Å²) in [4.78, 5) is 25.4. The Balaban J connectivity index is 1.59. The Morgan fingerprint density at radius 2 is 2.14 bits per heavy atom. The van der Waals surface area contributed by atoms with Crippen LogP contribution in [-0.2, 0) is 4.74 Å². The third-order valence-corrected chi connectivity index (χ3v) is 3.72. The molecule has 1 aromatic rings. The van der Waals surface area contributed by atoms with Gasteiger partial charge in [-0.25, -0.2) is 0 Å². The summed E-state index contributed by atoms with van der Waals surface area (Å²) in [5.41, 5.74) is 5.94. The summed E-state index contributed by atoms with van der Waals surface area (Å²) < 4.78 is 5.78. The van der Waals surface area contributed by atoms with Gasteiger partial charge in [-0.1, -0.05) is 0 Å². The molecule has 1 aromatic heterocycles. The van der Waals surface area contributed by atoms with E-state index in [4.69, 9.17) is 10.5 Å². The second-order valence-corrected chi connectivity index (χ2v) is 5.46. The minimum atomic E-state index is -0.276. The monoisotopic (exact) mass is 293 g/mol. The van der Waals surface area contributed by atoms with Crippen LogP contribution in [0.5, 0.6) is 0 Å². The van der Waals surface area contributed by atoms with Gasteiger partial charge in [-0.05, 0) is 38.2 Å². The second kappa shape index (κ2) is 7.95. The van der Waals surface area contributed by atoms with E-state index in [9.17, 15) is 9.59 Å². The van der Waals surface area contributed by atoms with Crippen LogP contribution in [0.4, 0.5) is 0 Å². The quantitative estimate of drug-likeness (QED) is 0.675. The van der Waals surface area contributed by atoms with E-state index in [0.29, 0.717) is 30.9 Å². The van der Waals surface area contributed by atoms with E-state index >= 15 is 0 Å². The summed E-state index contributed by atoms with van der Waals surface area (Å²) in [5.74, 6) is -0.232. The molecular weight excluding hydrogens is 270 g/mol. The summed E-state index contributed by atoms with van der Waals surface area (Å²) in [6, 6.07) is 3.20. The molecule has 1 saturated carbocycles. The van der Waals surface area contributed by atoms with Crippen LogP contribution >= 0.6 is 0 Å². The number of ether oxygens (including phenoxy) is 1. The lowest BCUT2D eigenvalue weighted by Crippen LogP contribution is -2.31. The number of H-pyrrole nitrogens is 1. The van der Waals surface area contributed by atoms with E-state index in [0.717, 1.165) is 32.1 Å². The number of pyridine rings is 1. The number of carbonyl (C=O) groups excluding carboxylic acids is 1. The van der Waals surface area contributed by atoms with Crippen LogP contribution in [0.1, 0.15) is 42.5 Å². The molecule has 2 rings (SSSR count). The van der Waals surface area contributed by atoms with E-state index in [1.807, 2.05) is 0 Å². The van der Waals surface area contributed by atoms with E-state index in [1.165, 1.54) is 12.3 Å². The predicted molar refractivity (Wildman–Crippen MR) is 80.2 cm³/mol. The van der Waals surface area contributed by atoms with Gasteiger partial charge in [0.2, 0.25) is 5.56 Å². The predicted octanol–water partition coefficient (Wildman–Crippen LogP) is 0.781. The zero-order valence-electron chi connectivity index (χ0n) is 12.1. The molecule has 0 aliphatic heterocycles. The second-order valence-electron chi connectivity index (χ2n) is 5.46. The van der Waals surface area contributed by atoms with Gasteiger partial charge in [-0.3, -0.25) is 9.59 Å². The lowest BCUT2D eigenvalue weighted by molar-refractivity contribution is 0.0241. The zero-order chi connectivity index (χ0) is 15.1. The summed E-state index contributed by atoms with van der Waals surface area (Å²) in [6.07, 6.45) is 6.66. The third kappa shape index (κ3) is 5.32. The first-order valence-corrected chi connectivity index (χ1v) is 7.49. The van der Waals surface area contributed by atoms with Crippen LogP contribution in [0.15, 0.2) is 23.1 Å². The van der Waals surface area contributed by atoms with Crippen molar-refractivity contribution in [2.24, 2.45) is 5.73 Å². The van der Waals surface area contributed by atoms with E-state index < -0.39 is 0 Å². The Morgan fingerprint density at radius 1 is 1.38 bits per heavy atom. The number of aromatic amines is 1. The molecule has 0 radical (unpaired) electrons. The van der Waals surface area contributed by atoms with Crippen LogP contribution in [0.3, 0.4) is 0 Å². The van der Waals surface area contributed by atoms with E-state index in [-0.39, 0.29) is 11.5 Å². The van der Waals surface area contributed by atoms with Crippen LogP contribution in [-0.4, -0.2) is 36.2 Å². The molecule has 0 atom stereocenters. The first-order chi connectivity index (χ1) is 10.1. The van der Waals surface area contributed by atoms with Crippen molar-refractivity contribution >= 4 is 5.91 Å². The summed E-state index contributed by atoms with van der Waals surface area (Å²) in [5, 5.41) is 2.78. The molecule has 6 nitrogen and oxygen atoms in total. The lowest BCUT2D eigenvalue weighted by atomic mass is 9.94. The molecule has 1 aliphatic rings. The van der Waals surface area contributed by atoms with Gasteiger partial charge in [-0.2, -0.15) is 0 Å². The maximum absolute atomic E-state index is 11.8. The number of amides is 1. The molecule has 6 heteroatoms. The molecule has 1 fully saturated rings. The van der Waals surface area contributed by atoms with Crippen LogP contribution < -0.4 is 16.6 Å². The molecule has 21 heavy (non-hydrogen) atoms. The van der Waals surface area contributed by atoms with Crippen LogP contribution in [0, 0.1) is 0 Å². The first kappa shape index (κ1) is 15.7. The van der Waals surface area contributed by atoms with Gasteiger partial charge >= 0.3 is 0 Å². The Morgan fingerprint density at radius 3 is 2.86 bits per heavy atom. The lowest BCUT2D eigenvalue weighted by Gasteiger charge is -2.26. The molecule has 0 spiro atoms. The molecule has 1 aliphatic carbocycles. The van der Waals surface area contributed by atoms with Crippen molar-refractivity contribution in [1.29, 1.82) is 0 Å². The van der Waals surface area contributed by atoms with E-state index in [1.54, 1.807) is 6.07 Å². The maximum atomic E-state index is 11.8. The molecule has 116 valence electrons. The number of hydrogen-bond donors (Lipinski definition) is 3. The first-order valence-electron chi connectivity index (χ1n) is 7.49. The Hall–Kier alpha value is -1.66. The molecular formula is C15H23N3O3. The Labute approximate surface area is 124 Å². The normalized spacial score (nSPS) is 22.0. The van der Waals surface area contributed by atoms with Crippen molar-refractivity contribution < 1.29 is 9.53 Å². The number of rotatable bonds is 6. The fraction of sp³-hybridized carbons (Fsp3) is 0.600. The van der Waals surface area contributed by atoms with Gasteiger partial charge in [0, 0.05) is 37.0 Å². The molecule has 1 amide bonds. The van der Waals surface area contributed by atoms with Gasteiger partial charge < -0.3 is 20.8 Å². The molecule has 4 N–H and O–H groups in total. The fourth-order valence-electron chi connectivity index (χ4n) is 2.47. The summed E-state index contributed by atoms with van der Waals surface area (Å²) >= 11 is 0. The number of nitrogens with two attached hydrogens (primary N) is 1. The largest absolute Gasteiger partial charge is 0.378 e. The molecule has 0 saturated heterocycles. The smallest absolute Gasteiger partial charge is 0.251 e. The fourth-order valence-corrected chi connectivity index (χ4v) is 2.47. The standard InChI is InChI=1S/C15H23N3O3/c16-12-2-4-13(5-3-12)21-9-1-7-18-15(20)11-6-8-17-14(19)10-11/h6,8,10,12-13H,1-5,7,9,16H2,(H,17,19)(H,18,20). The van der Waals surface area contributed by atoms with Gasteiger partial charge in [-0.15, -0.1) is 0 Å². The number of carbonyl (C=O) groups is 1. The highest BCUT2D eigenvalue weighted by Gasteiger charge is 2.18. The van der Waals surface area contributed by atoms with E-state index in [2.05, 4.69) is 10.3 Å². The van der Waals surface area contributed by atoms with Crippen molar-refractivity contribution in [3.05, 3.63) is 34.2 Å². The summed E-state index contributed by atoms with van der Waals surface area (Å²) in [6.45, 7) is 1.17. The van der Waals surface area contributed by atoms with Gasteiger partial charge in [0.05, 0.1) is 6.10 Å². The van der Waals surface area contributed by atoms with Crippen molar-refractivity contribution in [3.63, 3.8) is 0 Å². The SMILES string of the molecule is NC1CCC(OCCCNC(=O)c2cc[nH]c(=O)c2)CC1. The Bertz CT molecular complexity index is 507. The minimum absolute atomic E-state index is 0.232. The van der Waals surface area contributed by atoms with Crippen LogP contribution in [0.2, 0.25) is 0 Å². The number of aromatic nitrogens is 1. The average molecular weight is 293 g/mol. The van der Waals surface area contributed by atoms with Crippen LogP contribution in [0.25, 0.3) is 0 Å². The van der Waals surface area contributed by atoms with Crippen molar-refractivity contribution in [3.8, 4) is 0 Å². The Kier molecular flexibility index (Phi) is 5.95. The maximum Gasteiger partial charge on any atom is 0.251 e. The highest BCUT2D eigenvalue weighted by molar-refractivity contribution is 5.93. The van der Waals surface area contributed by atoms with Gasteiger partial charge in [0.15, 0.2) is 0 Å². The number of nitrogens with one attached hydrogen (secondary N) is 2. The highest BCUT2D eigenvalue weighted by atomic mass is 16.5. The topological polar surface area (TPSA) is 97.2 Å². The van der Waals surface area contributed by atoms with Gasteiger partial charge in [0.25, 0.3) is 5.91 Å². The van der Waals surface area contributed by atoms with Gasteiger partial charge in [0.1, 0.15) is 0 Å². The molecule has 0 bridgehead atoms. The molecule has 0 aromatic carbocycles. The molecule has 0 unspecified atom stereocenters. The van der Waals surface area contributed by atoms with Crippen molar-refractivity contribution in [1.82, 2.24) is 10.3 Å².